The molecule has 1 amide bonds. The fourth-order valence-corrected chi connectivity index (χ4v) is 2.33. The van der Waals surface area contributed by atoms with Gasteiger partial charge in [0, 0.05) is 12.5 Å². The fourth-order valence-electron chi connectivity index (χ4n) is 1.19. The monoisotopic (exact) mass is 321 g/mol. The zero-order chi connectivity index (χ0) is 13.1. The molecule has 2 N–H and O–H groups in total. The molecule has 1 aromatic heterocycles. The van der Waals surface area contributed by atoms with Crippen molar-refractivity contribution in [1.82, 2.24) is 5.32 Å². The van der Waals surface area contributed by atoms with E-state index in [1.165, 1.54) is 25.4 Å². The number of carboxylic acids is 1. The first kappa shape index (κ1) is 14.1. The zero-order valence-corrected chi connectivity index (χ0v) is 11.7. The molecule has 0 aliphatic rings. The normalized spacial score (nSPS) is 14.1. The summed E-state index contributed by atoms with van der Waals surface area (Å²) in [4.78, 5) is 22.9. The largest absolute Gasteiger partial charge is 0.479 e. The van der Waals surface area contributed by atoms with Crippen LogP contribution in [-0.4, -0.2) is 36.2 Å². The molecular formula is C10H12BrNO4S. The number of amides is 1. The Hall–Kier alpha value is -0.920. The highest BCUT2D eigenvalue weighted by Crippen LogP contribution is 2.21. The van der Waals surface area contributed by atoms with E-state index in [0.29, 0.717) is 5.56 Å². The number of hydrogen-bond donors (Lipinski definition) is 2. The minimum atomic E-state index is -1.43. The molecule has 1 unspecified atom stereocenters. The predicted molar refractivity (Wildman–Crippen MR) is 67.4 cm³/mol. The summed E-state index contributed by atoms with van der Waals surface area (Å²) in [6.45, 7) is 1.30. The number of thiophene rings is 1. The van der Waals surface area contributed by atoms with Crippen molar-refractivity contribution < 1.29 is 19.4 Å². The quantitative estimate of drug-likeness (QED) is 0.866. The molecule has 17 heavy (non-hydrogen) atoms. The third kappa shape index (κ3) is 3.52. The Morgan fingerprint density at radius 2 is 2.29 bits per heavy atom. The number of hydrogen-bond acceptors (Lipinski definition) is 4. The van der Waals surface area contributed by atoms with Crippen molar-refractivity contribution in [3.05, 3.63) is 20.8 Å². The lowest BCUT2D eigenvalue weighted by molar-refractivity contribution is -0.145. The number of carbonyl (C=O) groups excluding carboxylic acids is 1. The third-order valence-electron chi connectivity index (χ3n) is 2.12. The van der Waals surface area contributed by atoms with Crippen LogP contribution in [0.5, 0.6) is 0 Å². The average molecular weight is 322 g/mol. The van der Waals surface area contributed by atoms with Crippen LogP contribution in [0.1, 0.15) is 17.3 Å². The Morgan fingerprint density at radius 3 is 2.71 bits per heavy atom. The Kier molecular flexibility index (Phi) is 4.67. The van der Waals surface area contributed by atoms with Crippen molar-refractivity contribution in [3.63, 3.8) is 0 Å². The molecular weight excluding hydrogens is 310 g/mol. The fraction of sp³-hybridized carbons (Fsp3) is 0.400. The van der Waals surface area contributed by atoms with Gasteiger partial charge in [-0.3, -0.25) is 4.79 Å². The van der Waals surface area contributed by atoms with Gasteiger partial charge in [0.25, 0.3) is 5.91 Å². The first-order chi connectivity index (χ1) is 7.89. The highest BCUT2D eigenvalue weighted by atomic mass is 79.9. The minimum Gasteiger partial charge on any atom is -0.479 e. The van der Waals surface area contributed by atoms with Crippen molar-refractivity contribution >= 4 is 39.1 Å². The maximum absolute atomic E-state index is 11.8. The van der Waals surface area contributed by atoms with E-state index in [1.54, 1.807) is 11.4 Å². The Balaban J connectivity index is 2.81. The number of halogens is 1. The molecule has 7 heteroatoms. The van der Waals surface area contributed by atoms with Crippen LogP contribution in [0, 0.1) is 0 Å². The number of ether oxygens (including phenoxy) is 1. The molecule has 1 aromatic rings. The van der Waals surface area contributed by atoms with Gasteiger partial charge >= 0.3 is 5.97 Å². The minimum absolute atomic E-state index is 0.0978. The van der Waals surface area contributed by atoms with Crippen LogP contribution >= 0.6 is 27.3 Å². The van der Waals surface area contributed by atoms with Gasteiger partial charge in [-0.1, -0.05) is 0 Å². The number of rotatable bonds is 5. The molecule has 5 nitrogen and oxygen atoms in total. The molecule has 0 aliphatic heterocycles. The number of carboxylic acid groups (broad SMARTS) is 1. The summed E-state index contributed by atoms with van der Waals surface area (Å²) < 4.78 is 5.62. The molecule has 1 rings (SSSR count). The SMILES string of the molecule is COCC(C)(NC(=O)c1csc(Br)c1)C(=O)O. The molecule has 1 atom stereocenters. The van der Waals surface area contributed by atoms with Crippen LogP contribution < -0.4 is 5.32 Å². The maximum atomic E-state index is 11.8. The standard InChI is InChI=1S/C10H12BrNO4S/c1-10(5-16-2,9(14)15)12-8(13)6-3-7(11)17-4-6/h3-4H,5H2,1-2H3,(H,12,13)(H,14,15). The maximum Gasteiger partial charge on any atom is 0.331 e. The Labute approximate surface area is 111 Å². The lowest BCUT2D eigenvalue weighted by atomic mass is 10.0. The van der Waals surface area contributed by atoms with E-state index in [0.717, 1.165) is 3.79 Å². The zero-order valence-electron chi connectivity index (χ0n) is 9.32. The average Bonchev–Trinajstić information content (AvgIpc) is 2.65. The van der Waals surface area contributed by atoms with Crippen molar-refractivity contribution in [3.8, 4) is 0 Å². The molecule has 0 saturated carbocycles. The van der Waals surface area contributed by atoms with Gasteiger partial charge in [0.1, 0.15) is 0 Å². The van der Waals surface area contributed by atoms with Crippen LogP contribution in [0.25, 0.3) is 0 Å². The second kappa shape index (κ2) is 5.61. The molecule has 0 aromatic carbocycles. The van der Waals surface area contributed by atoms with Gasteiger partial charge in [0.2, 0.25) is 0 Å². The lowest BCUT2D eigenvalue weighted by Crippen LogP contribution is -2.55. The van der Waals surface area contributed by atoms with Crippen molar-refractivity contribution in [2.24, 2.45) is 0 Å². The summed E-state index contributed by atoms with van der Waals surface area (Å²) in [6, 6.07) is 1.63. The number of nitrogens with one attached hydrogen (secondary N) is 1. The molecule has 94 valence electrons. The van der Waals surface area contributed by atoms with Gasteiger partial charge < -0.3 is 15.2 Å². The summed E-state index contributed by atoms with van der Waals surface area (Å²) in [6.07, 6.45) is 0. The van der Waals surface area contributed by atoms with Crippen molar-refractivity contribution in [2.45, 2.75) is 12.5 Å². The van der Waals surface area contributed by atoms with Gasteiger partial charge in [0.15, 0.2) is 5.54 Å². The number of methoxy groups -OCH3 is 1. The summed E-state index contributed by atoms with van der Waals surface area (Å²) in [7, 11) is 1.38. The summed E-state index contributed by atoms with van der Waals surface area (Å²) in [5.74, 6) is -1.57. The second-order valence-electron chi connectivity index (χ2n) is 3.66. The molecule has 0 spiro atoms. The first-order valence-electron chi connectivity index (χ1n) is 4.68. The Morgan fingerprint density at radius 1 is 1.65 bits per heavy atom. The molecule has 1 heterocycles. The summed E-state index contributed by atoms with van der Waals surface area (Å²) >= 11 is 4.59. The summed E-state index contributed by atoms with van der Waals surface area (Å²) in [5, 5.41) is 13.2. The first-order valence-corrected chi connectivity index (χ1v) is 6.35. The van der Waals surface area contributed by atoms with Crippen LogP contribution in [-0.2, 0) is 9.53 Å². The van der Waals surface area contributed by atoms with Gasteiger partial charge in [-0.2, -0.15) is 0 Å². The van der Waals surface area contributed by atoms with Gasteiger partial charge in [-0.15, -0.1) is 11.3 Å². The molecule has 0 fully saturated rings. The molecule has 0 radical (unpaired) electrons. The second-order valence-corrected chi connectivity index (χ2v) is 5.95. The van der Waals surface area contributed by atoms with Gasteiger partial charge in [-0.05, 0) is 28.9 Å². The molecule has 0 bridgehead atoms. The molecule has 0 saturated heterocycles. The highest BCUT2D eigenvalue weighted by Gasteiger charge is 2.35. The van der Waals surface area contributed by atoms with Crippen LogP contribution in [0.2, 0.25) is 0 Å². The van der Waals surface area contributed by atoms with Gasteiger partial charge in [-0.25, -0.2) is 4.79 Å². The van der Waals surface area contributed by atoms with Crippen molar-refractivity contribution in [2.75, 3.05) is 13.7 Å². The van der Waals surface area contributed by atoms with E-state index in [2.05, 4.69) is 21.2 Å². The van der Waals surface area contributed by atoms with Gasteiger partial charge in [0.05, 0.1) is 16.0 Å². The third-order valence-corrected chi connectivity index (χ3v) is 3.63. The Bertz CT molecular complexity index is 434. The van der Waals surface area contributed by atoms with E-state index in [9.17, 15) is 9.59 Å². The van der Waals surface area contributed by atoms with E-state index < -0.39 is 17.4 Å². The smallest absolute Gasteiger partial charge is 0.331 e. The lowest BCUT2D eigenvalue weighted by Gasteiger charge is -2.24. The van der Waals surface area contributed by atoms with Crippen LogP contribution in [0.15, 0.2) is 15.2 Å². The highest BCUT2D eigenvalue weighted by molar-refractivity contribution is 9.11. The predicted octanol–water partition coefficient (Wildman–Crippen LogP) is 1.73. The topological polar surface area (TPSA) is 75.6 Å². The van der Waals surface area contributed by atoms with Crippen LogP contribution in [0.3, 0.4) is 0 Å². The van der Waals surface area contributed by atoms with E-state index in [1.807, 2.05) is 0 Å². The van der Waals surface area contributed by atoms with E-state index in [-0.39, 0.29) is 6.61 Å². The summed E-state index contributed by atoms with van der Waals surface area (Å²) in [5.41, 5.74) is -1.01. The van der Waals surface area contributed by atoms with E-state index in [4.69, 9.17) is 9.84 Å². The van der Waals surface area contributed by atoms with E-state index >= 15 is 0 Å². The van der Waals surface area contributed by atoms with Crippen LogP contribution in [0.4, 0.5) is 0 Å². The number of carbonyl (C=O) groups is 2. The van der Waals surface area contributed by atoms with Crippen molar-refractivity contribution in [1.29, 1.82) is 0 Å². The molecule has 0 aliphatic carbocycles. The number of aliphatic carboxylic acids is 1.